The minimum absolute atomic E-state index is 0.106. The van der Waals surface area contributed by atoms with Crippen LogP contribution < -0.4 is 14.4 Å². The van der Waals surface area contributed by atoms with Gasteiger partial charge < -0.3 is 19.5 Å². The highest BCUT2D eigenvalue weighted by Gasteiger charge is 2.44. The Morgan fingerprint density at radius 2 is 2.00 bits per heavy atom. The highest BCUT2D eigenvalue weighted by atomic mass is 35.5. The van der Waals surface area contributed by atoms with Gasteiger partial charge in [-0.25, -0.2) is 4.72 Å². The molecule has 3 aliphatic heterocycles. The zero-order valence-electron chi connectivity index (χ0n) is 24.8. The SMILES string of the molecule is O=C1NS(=O)(=O)N(C[C@H]2CCO2)CC/C=C\[C@H](O)[C@@H]2CC[C@H]2CN2C[C@@]3(CCCc4cc(Cl)ccc43)COc3ccc1cc32. The number of rotatable bonds is 2. The lowest BCUT2D eigenvalue weighted by molar-refractivity contribution is -0.0574. The summed E-state index contributed by atoms with van der Waals surface area (Å²) in [5.41, 5.74) is 3.25. The number of aliphatic hydroxyl groups excluding tert-OH is 1. The summed E-state index contributed by atoms with van der Waals surface area (Å²) in [4.78, 5) is 15.8. The van der Waals surface area contributed by atoms with Crippen LogP contribution in [0.2, 0.25) is 5.02 Å². The smallest absolute Gasteiger partial charge is 0.304 e. The van der Waals surface area contributed by atoms with E-state index < -0.39 is 22.2 Å². The molecule has 44 heavy (non-hydrogen) atoms. The van der Waals surface area contributed by atoms with Crippen molar-refractivity contribution >= 4 is 33.4 Å². The summed E-state index contributed by atoms with van der Waals surface area (Å²) in [6, 6.07) is 11.3. The molecule has 9 nitrogen and oxygen atoms in total. The van der Waals surface area contributed by atoms with Crippen molar-refractivity contribution in [2.75, 3.05) is 44.3 Å². The Hall–Kier alpha value is -2.63. The van der Waals surface area contributed by atoms with Crippen LogP contribution in [0.3, 0.4) is 0 Å². The number of carbonyl (C=O) groups is 1. The van der Waals surface area contributed by atoms with Gasteiger partial charge in [0.25, 0.3) is 5.91 Å². The van der Waals surface area contributed by atoms with Crippen molar-refractivity contribution in [1.29, 1.82) is 0 Å². The minimum Gasteiger partial charge on any atom is -0.490 e. The first kappa shape index (κ1) is 30.0. The number of anilines is 1. The molecule has 3 heterocycles. The summed E-state index contributed by atoms with van der Waals surface area (Å²) in [6.45, 7) is 2.83. The number of fused-ring (bicyclic) bond motifs is 4. The predicted octanol–water partition coefficient (Wildman–Crippen LogP) is 4.23. The molecule has 1 amide bonds. The summed E-state index contributed by atoms with van der Waals surface area (Å²) < 4.78 is 42.6. The topological polar surface area (TPSA) is 108 Å². The molecule has 11 heteroatoms. The Morgan fingerprint density at radius 3 is 2.77 bits per heavy atom. The van der Waals surface area contributed by atoms with Gasteiger partial charge in [-0.2, -0.15) is 12.7 Å². The molecule has 0 unspecified atom stereocenters. The van der Waals surface area contributed by atoms with E-state index in [9.17, 15) is 18.3 Å². The fourth-order valence-corrected chi connectivity index (χ4v) is 9.00. The van der Waals surface area contributed by atoms with E-state index in [0.29, 0.717) is 38.5 Å². The number of hydrogen-bond acceptors (Lipinski definition) is 7. The van der Waals surface area contributed by atoms with Crippen molar-refractivity contribution < 1.29 is 27.8 Å². The van der Waals surface area contributed by atoms with Gasteiger partial charge in [0.15, 0.2) is 0 Å². The van der Waals surface area contributed by atoms with Crippen molar-refractivity contribution in [3.8, 4) is 5.75 Å². The molecule has 1 saturated carbocycles. The first-order valence-electron chi connectivity index (χ1n) is 15.8. The molecule has 236 valence electrons. The fourth-order valence-electron chi connectivity index (χ4n) is 7.61. The maximum atomic E-state index is 13.5. The molecule has 2 aromatic carbocycles. The van der Waals surface area contributed by atoms with Gasteiger partial charge in [0, 0.05) is 48.8 Å². The van der Waals surface area contributed by atoms with Gasteiger partial charge in [-0.1, -0.05) is 29.8 Å². The monoisotopic (exact) mass is 641 g/mol. The molecule has 5 atom stereocenters. The van der Waals surface area contributed by atoms with Gasteiger partial charge in [-0.15, -0.1) is 0 Å². The van der Waals surface area contributed by atoms with Gasteiger partial charge in [0.05, 0.1) is 24.5 Å². The average molecular weight is 642 g/mol. The quantitative estimate of drug-likeness (QED) is 0.473. The third-order valence-corrected chi connectivity index (χ3v) is 12.0. The number of carbonyl (C=O) groups excluding carboxylic acids is 1. The highest BCUT2D eigenvalue weighted by molar-refractivity contribution is 7.87. The van der Waals surface area contributed by atoms with Crippen LogP contribution in [-0.4, -0.2) is 75.3 Å². The van der Waals surface area contributed by atoms with E-state index in [2.05, 4.69) is 21.8 Å². The molecular formula is C33H40ClN3O6S. The lowest BCUT2D eigenvalue weighted by atomic mass is 9.68. The summed E-state index contributed by atoms with van der Waals surface area (Å²) in [5, 5.41) is 11.9. The van der Waals surface area contributed by atoms with Crippen molar-refractivity contribution in [3.63, 3.8) is 0 Å². The maximum absolute atomic E-state index is 13.5. The largest absolute Gasteiger partial charge is 0.490 e. The first-order valence-corrected chi connectivity index (χ1v) is 17.6. The third-order valence-electron chi connectivity index (χ3n) is 10.3. The van der Waals surface area contributed by atoms with Crippen molar-refractivity contribution in [3.05, 3.63) is 70.3 Å². The van der Waals surface area contributed by atoms with E-state index >= 15 is 0 Å². The van der Waals surface area contributed by atoms with E-state index in [0.717, 1.165) is 49.2 Å². The van der Waals surface area contributed by atoms with E-state index in [1.807, 2.05) is 18.2 Å². The summed E-state index contributed by atoms with van der Waals surface area (Å²) in [7, 11) is -4.14. The zero-order chi connectivity index (χ0) is 30.5. The van der Waals surface area contributed by atoms with Crippen LogP contribution in [0.25, 0.3) is 0 Å². The van der Waals surface area contributed by atoms with Crippen molar-refractivity contribution in [2.45, 2.75) is 62.6 Å². The van der Waals surface area contributed by atoms with Gasteiger partial charge >= 0.3 is 10.2 Å². The highest BCUT2D eigenvalue weighted by Crippen LogP contribution is 2.46. The van der Waals surface area contributed by atoms with Gasteiger partial charge in [-0.05, 0) is 98.2 Å². The lowest BCUT2D eigenvalue weighted by Gasteiger charge is -2.45. The van der Waals surface area contributed by atoms with Crippen LogP contribution in [-0.2, 0) is 26.8 Å². The number of aryl methyl sites for hydroxylation is 1. The average Bonchev–Trinajstić information content (AvgIpc) is 3.10. The Labute approximate surface area is 264 Å². The van der Waals surface area contributed by atoms with Crippen molar-refractivity contribution in [1.82, 2.24) is 9.03 Å². The molecular weight excluding hydrogens is 602 g/mol. The van der Waals surface area contributed by atoms with Crippen LogP contribution in [0.4, 0.5) is 5.69 Å². The first-order chi connectivity index (χ1) is 21.2. The van der Waals surface area contributed by atoms with E-state index in [-0.39, 0.29) is 42.0 Å². The van der Waals surface area contributed by atoms with E-state index in [1.54, 1.807) is 18.2 Å². The molecule has 2 N–H and O–H groups in total. The molecule has 2 bridgehead atoms. The number of nitrogens with one attached hydrogen (secondary N) is 1. The van der Waals surface area contributed by atoms with Crippen molar-refractivity contribution in [2.24, 2.45) is 11.8 Å². The van der Waals surface area contributed by atoms with E-state index in [1.165, 1.54) is 15.4 Å². The van der Waals surface area contributed by atoms with Gasteiger partial charge in [0.1, 0.15) is 5.75 Å². The van der Waals surface area contributed by atoms with Crippen LogP contribution in [0.1, 0.15) is 60.0 Å². The molecule has 0 aromatic heterocycles. The molecule has 1 spiro atoms. The van der Waals surface area contributed by atoms with E-state index in [4.69, 9.17) is 21.1 Å². The Bertz CT molecular complexity index is 1560. The standard InChI is InChI=1S/C33H40ClN3O6S/c34-25-8-10-28-22(16-25)4-3-13-33(28)20-36-18-24-6-9-27(24)30(38)5-1-2-14-37(19-26-12-15-42-26)44(40,41)35-32(39)23-7-11-31(43-21-33)29(36)17-23/h1,5,7-8,10-11,16-17,24,26-27,30,38H,2-4,6,9,12-15,18-21H2,(H,35,39)/b5-1-/t24-,26+,27+,30-,33-/m0/s1. The number of halogens is 1. The van der Waals surface area contributed by atoms with Gasteiger partial charge in [-0.3, -0.25) is 4.79 Å². The molecule has 0 radical (unpaired) electrons. The molecule has 2 fully saturated rings. The number of nitrogens with zero attached hydrogens (tertiary/aromatic N) is 2. The van der Waals surface area contributed by atoms with Crippen LogP contribution >= 0.6 is 11.6 Å². The molecule has 5 aliphatic rings. The molecule has 2 aromatic rings. The molecule has 7 rings (SSSR count). The predicted molar refractivity (Wildman–Crippen MR) is 169 cm³/mol. The maximum Gasteiger partial charge on any atom is 0.304 e. The summed E-state index contributed by atoms with van der Waals surface area (Å²) in [5.74, 6) is 0.367. The summed E-state index contributed by atoms with van der Waals surface area (Å²) in [6.07, 6.45) is 8.95. The minimum atomic E-state index is -4.14. The second-order valence-corrected chi connectivity index (χ2v) is 15.2. The molecule has 1 saturated heterocycles. The summed E-state index contributed by atoms with van der Waals surface area (Å²) >= 11 is 6.40. The third kappa shape index (κ3) is 5.75. The van der Waals surface area contributed by atoms with Gasteiger partial charge in [0.2, 0.25) is 0 Å². The number of benzene rings is 2. The van der Waals surface area contributed by atoms with Crippen LogP contribution in [0, 0.1) is 11.8 Å². The lowest BCUT2D eigenvalue weighted by Crippen LogP contribution is -2.50. The number of amides is 1. The number of ether oxygens (including phenoxy) is 2. The van der Waals surface area contributed by atoms with Crippen LogP contribution in [0.15, 0.2) is 48.6 Å². The second kappa shape index (κ2) is 11.9. The normalized spacial score (nSPS) is 32.6. The number of hydrogen-bond donors (Lipinski definition) is 2. The Balaban J connectivity index is 1.26. The zero-order valence-corrected chi connectivity index (χ0v) is 26.4. The Kier molecular flexibility index (Phi) is 8.16. The second-order valence-electron chi connectivity index (χ2n) is 13.1. The Morgan fingerprint density at radius 1 is 1.14 bits per heavy atom. The van der Waals surface area contributed by atoms with Crippen LogP contribution in [0.5, 0.6) is 5.75 Å². The molecule has 2 aliphatic carbocycles. The fraction of sp³-hybridized carbons (Fsp3) is 0.545. The number of aliphatic hydroxyl groups is 1.